The summed E-state index contributed by atoms with van der Waals surface area (Å²) in [6.07, 6.45) is 1.69. The molecule has 6 heteroatoms. The minimum atomic E-state index is -0.173. The van der Waals surface area contributed by atoms with Gasteiger partial charge in [0.05, 0.1) is 12.3 Å². The summed E-state index contributed by atoms with van der Waals surface area (Å²) >= 11 is 1.31. The average Bonchev–Trinajstić information content (AvgIpc) is 2.74. The van der Waals surface area contributed by atoms with Crippen molar-refractivity contribution < 1.29 is 9.53 Å². The second-order valence-corrected chi connectivity index (χ2v) is 5.23. The molecule has 2 aromatic heterocycles. The van der Waals surface area contributed by atoms with Gasteiger partial charge in [-0.15, -0.1) is 11.3 Å². The van der Waals surface area contributed by atoms with Gasteiger partial charge in [-0.1, -0.05) is 0 Å². The zero-order chi connectivity index (χ0) is 13.8. The molecule has 0 aromatic carbocycles. The Morgan fingerprint density at radius 1 is 1.63 bits per heavy atom. The summed E-state index contributed by atoms with van der Waals surface area (Å²) < 4.78 is 5.27. The molecule has 0 radical (unpaired) electrons. The van der Waals surface area contributed by atoms with E-state index < -0.39 is 0 Å². The van der Waals surface area contributed by atoms with E-state index in [2.05, 4.69) is 10.3 Å². The maximum absolute atomic E-state index is 12.1. The van der Waals surface area contributed by atoms with Gasteiger partial charge in [-0.2, -0.15) is 0 Å². The lowest BCUT2D eigenvalue weighted by Crippen LogP contribution is -2.35. The SMILES string of the molecule is CCOCC(C)NC(=O)c1sc2ncccc2c1N. The van der Waals surface area contributed by atoms with Crippen molar-refractivity contribution in [2.45, 2.75) is 19.9 Å². The number of pyridine rings is 1. The third-order valence-electron chi connectivity index (χ3n) is 2.66. The van der Waals surface area contributed by atoms with E-state index in [0.29, 0.717) is 23.8 Å². The Bertz CT molecular complexity index is 582. The van der Waals surface area contributed by atoms with E-state index in [1.807, 2.05) is 26.0 Å². The molecule has 1 amide bonds. The number of nitrogens with one attached hydrogen (secondary N) is 1. The molecule has 2 heterocycles. The third-order valence-corrected chi connectivity index (χ3v) is 3.79. The van der Waals surface area contributed by atoms with Crippen LogP contribution in [0.2, 0.25) is 0 Å². The second kappa shape index (κ2) is 5.99. The number of hydrogen-bond donors (Lipinski definition) is 2. The Balaban J connectivity index is 2.15. The number of carbonyl (C=O) groups is 1. The van der Waals surface area contributed by atoms with Gasteiger partial charge in [0, 0.05) is 24.2 Å². The highest BCUT2D eigenvalue weighted by molar-refractivity contribution is 7.21. The summed E-state index contributed by atoms with van der Waals surface area (Å²) in [6.45, 7) is 4.94. The molecule has 0 bridgehead atoms. The minimum Gasteiger partial charge on any atom is -0.397 e. The van der Waals surface area contributed by atoms with Crippen molar-refractivity contribution in [3.05, 3.63) is 23.2 Å². The number of hydrogen-bond acceptors (Lipinski definition) is 5. The highest BCUT2D eigenvalue weighted by atomic mass is 32.1. The number of aromatic nitrogens is 1. The number of thiophene rings is 1. The van der Waals surface area contributed by atoms with Crippen molar-refractivity contribution in [2.75, 3.05) is 18.9 Å². The van der Waals surface area contributed by atoms with Gasteiger partial charge in [-0.3, -0.25) is 4.79 Å². The number of ether oxygens (including phenoxy) is 1. The number of nitrogens with two attached hydrogens (primary N) is 1. The average molecular weight is 279 g/mol. The van der Waals surface area contributed by atoms with E-state index >= 15 is 0 Å². The predicted octanol–water partition coefficient (Wildman–Crippen LogP) is 2.03. The molecular weight excluding hydrogens is 262 g/mol. The standard InChI is InChI=1S/C13H17N3O2S/c1-3-18-7-8(2)16-12(17)11-10(14)9-5-4-6-15-13(9)19-11/h4-6,8H,3,7,14H2,1-2H3,(H,16,17). The first kappa shape index (κ1) is 13.8. The van der Waals surface area contributed by atoms with Crippen LogP contribution in [0.1, 0.15) is 23.5 Å². The van der Waals surface area contributed by atoms with Crippen molar-refractivity contribution >= 4 is 33.1 Å². The van der Waals surface area contributed by atoms with Crippen LogP contribution in [-0.4, -0.2) is 30.1 Å². The maximum atomic E-state index is 12.1. The summed E-state index contributed by atoms with van der Waals surface area (Å²) in [5.41, 5.74) is 6.49. The van der Waals surface area contributed by atoms with Crippen LogP contribution < -0.4 is 11.1 Å². The lowest BCUT2D eigenvalue weighted by molar-refractivity contribution is 0.0876. The first-order valence-corrected chi connectivity index (χ1v) is 6.96. The lowest BCUT2D eigenvalue weighted by atomic mass is 10.2. The van der Waals surface area contributed by atoms with Crippen molar-refractivity contribution in [2.24, 2.45) is 0 Å². The van der Waals surface area contributed by atoms with Crippen LogP contribution in [0.4, 0.5) is 5.69 Å². The lowest BCUT2D eigenvalue weighted by Gasteiger charge is -2.13. The predicted molar refractivity (Wildman–Crippen MR) is 77.5 cm³/mol. The smallest absolute Gasteiger partial charge is 0.263 e. The number of anilines is 1. The van der Waals surface area contributed by atoms with Gasteiger partial charge >= 0.3 is 0 Å². The summed E-state index contributed by atoms with van der Waals surface area (Å²) in [7, 11) is 0. The van der Waals surface area contributed by atoms with E-state index in [0.717, 1.165) is 10.2 Å². The molecule has 3 N–H and O–H groups in total. The molecule has 0 aliphatic carbocycles. The molecule has 1 unspecified atom stereocenters. The fourth-order valence-electron chi connectivity index (χ4n) is 1.75. The van der Waals surface area contributed by atoms with Crippen molar-refractivity contribution in [1.82, 2.24) is 10.3 Å². The molecular formula is C13H17N3O2S. The molecule has 0 aliphatic rings. The number of nitrogens with zero attached hydrogens (tertiary/aromatic N) is 1. The quantitative estimate of drug-likeness (QED) is 0.878. The molecule has 19 heavy (non-hydrogen) atoms. The Morgan fingerprint density at radius 2 is 2.42 bits per heavy atom. The van der Waals surface area contributed by atoms with Crippen LogP contribution in [0.3, 0.4) is 0 Å². The Labute approximate surface area is 115 Å². The molecule has 0 saturated heterocycles. The highest BCUT2D eigenvalue weighted by Crippen LogP contribution is 2.31. The summed E-state index contributed by atoms with van der Waals surface area (Å²) in [6, 6.07) is 3.63. The zero-order valence-electron chi connectivity index (χ0n) is 11.0. The molecule has 0 spiro atoms. The monoisotopic (exact) mass is 279 g/mol. The van der Waals surface area contributed by atoms with Crippen LogP contribution >= 0.6 is 11.3 Å². The summed E-state index contributed by atoms with van der Waals surface area (Å²) in [5.74, 6) is -0.173. The molecule has 2 aromatic rings. The van der Waals surface area contributed by atoms with Gasteiger partial charge in [0.2, 0.25) is 0 Å². The first-order valence-electron chi connectivity index (χ1n) is 6.15. The maximum Gasteiger partial charge on any atom is 0.263 e. The van der Waals surface area contributed by atoms with Gasteiger partial charge in [0.1, 0.15) is 9.71 Å². The third kappa shape index (κ3) is 3.02. The van der Waals surface area contributed by atoms with Crippen LogP contribution in [0.15, 0.2) is 18.3 Å². The number of nitrogen functional groups attached to an aromatic ring is 1. The number of rotatable bonds is 5. The van der Waals surface area contributed by atoms with Gasteiger partial charge in [0.25, 0.3) is 5.91 Å². The number of carbonyl (C=O) groups excluding carboxylic acids is 1. The number of fused-ring (bicyclic) bond motifs is 1. The molecule has 1 atom stereocenters. The fraction of sp³-hybridized carbons (Fsp3) is 0.385. The first-order chi connectivity index (χ1) is 9.13. The topological polar surface area (TPSA) is 77.2 Å². The Hall–Kier alpha value is -1.66. The summed E-state index contributed by atoms with van der Waals surface area (Å²) in [4.78, 5) is 17.6. The minimum absolute atomic E-state index is 0.0509. The van der Waals surface area contributed by atoms with Gasteiger partial charge in [0.15, 0.2) is 0 Å². The van der Waals surface area contributed by atoms with Crippen LogP contribution in [0.25, 0.3) is 10.2 Å². The highest BCUT2D eigenvalue weighted by Gasteiger charge is 2.18. The van der Waals surface area contributed by atoms with Crippen LogP contribution in [-0.2, 0) is 4.74 Å². The Kier molecular flexibility index (Phi) is 4.34. The van der Waals surface area contributed by atoms with Gasteiger partial charge in [-0.05, 0) is 26.0 Å². The number of amides is 1. The van der Waals surface area contributed by atoms with E-state index in [1.54, 1.807) is 6.20 Å². The van der Waals surface area contributed by atoms with E-state index in [1.165, 1.54) is 11.3 Å². The van der Waals surface area contributed by atoms with Crippen molar-refractivity contribution in [3.63, 3.8) is 0 Å². The van der Waals surface area contributed by atoms with Crippen LogP contribution in [0.5, 0.6) is 0 Å². The molecule has 2 rings (SSSR count). The van der Waals surface area contributed by atoms with Gasteiger partial charge < -0.3 is 15.8 Å². The van der Waals surface area contributed by atoms with Crippen LogP contribution in [0, 0.1) is 0 Å². The van der Waals surface area contributed by atoms with Crippen molar-refractivity contribution in [1.29, 1.82) is 0 Å². The fourth-order valence-corrected chi connectivity index (χ4v) is 2.71. The largest absolute Gasteiger partial charge is 0.397 e. The zero-order valence-corrected chi connectivity index (χ0v) is 11.8. The molecule has 0 fully saturated rings. The van der Waals surface area contributed by atoms with E-state index in [-0.39, 0.29) is 11.9 Å². The molecule has 0 aliphatic heterocycles. The van der Waals surface area contributed by atoms with Gasteiger partial charge in [-0.25, -0.2) is 4.98 Å². The molecule has 5 nitrogen and oxygen atoms in total. The normalized spacial score (nSPS) is 12.5. The van der Waals surface area contributed by atoms with E-state index in [4.69, 9.17) is 10.5 Å². The molecule has 0 saturated carbocycles. The Morgan fingerprint density at radius 3 is 3.11 bits per heavy atom. The molecule has 102 valence electrons. The van der Waals surface area contributed by atoms with E-state index in [9.17, 15) is 4.79 Å². The second-order valence-electron chi connectivity index (χ2n) is 4.23. The summed E-state index contributed by atoms with van der Waals surface area (Å²) in [5, 5.41) is 3.70. The van der Waals surface area contributed by atoms with Crippen molar-refractivity contribution in [3.8, 4) is 0 Å².